The summed E-state index contributed by atoms with van der Waals surface area (Å²) in [5.41, 5.74) is 5.93. The largest absolute Gasteiger partial charge is 0.573 e. The second-order valence-electron chi connectivity index (χ2n) is 3.54. The highest BCUT2D eigenvalue weighted by Crippen LogP contribution is 2.32. The summed E-state index contributed by atoms with van der Waals surface area (Å²) < 4.78 is 57.1. The van der Waals surface area contributed by atoms with Gasteiger partial charge in [0, 0.05) is 11.6 Å². The predicted molar refractivity (Wildman–Crippen MR) is 57.2 cm³/mol. The standard InChI is InChI=1S/C11H13F4NO2/c1-17-10-3-2-7(18-11(13,14)15)6-8(10)9(16)4-5-12/h2-3,6,9H,4-5,16H2,1H3/t9-/m0/s1. The van der Waals surface area contributed by atoms with Crippen molar-refractivity contribution in [1.82, 2.24) is 0 Å². The lowest BCUT2D eigenvalue weighted by Gasteiger charge is -2.16. The van der Waals surface area contributed by atoms with Crippen LogP contribution in [0.15, 0.2) is 18.2 Å². The van der Waals surface area contributed by atoms with Crippen LogP contribution in [-0.4, -0.2) is 20.1 Å². The molecule has 18 heavy (non-hydrogen) atoms. The molecule has 1 atom stereocenters. The van der Waals surface area contributed by atoms with Crippen molar-refractivity contribution in [2.45, 2.75) is 18.8 Å². The Hall–Kier alpha value is -1.50. The van der Waals surface area contributed by atoms with Crippen LogP contribution in [0.1, 0.15) is 18.0 Å². The monoisotopic (exact) mass is 267 g/mol. The summed E-state index contributed by atoms with van der Waals surface area (Å²) in [6, 6.07) is 2.76. The van der Waals surface area contributed by atoms with E-state index in [1.165, 1.54) is 13.2 Å². The first-order valence-electron chi connectivity index (χ1n) is 5.12. The van der Waals surface area contributed by atoms with Gasteiger partial charge >= 0.3 is 6.36 Å². The lowest BCUT2D eigenvalue weighted by molar-refractivity contribution is -0.274. The molecule has 0 bridgehead atoms. The number of halogens is 4. The van der Waals surface area contributed by atoms with E-state index in [9.17, 15) is 17.6 Å². The lowest BCUT2D eigenvalue weighted by Crippen LogP contribution is -2.18. The molecule has 0 aliphatic rings. The minimum Gasteiger partial charge on any atom is -0.496 e. The Kier molecular flexibility index (Phi) is 4.77. The van der Waals surface area contributed by atoms with E-state index < -0.39 is 24.8 Å². The van der Waals surface area contributed by atoms with Crippen LogP contribution >= 0.6 is 0 Å². The lowest BCUT2D eigenvalue weighted by atomic mass is 10.0. The number of ether oxygens (including phenoxy) is 2. The fraction of sp³-hybridized carbons (Fsp3) is 0.455. The van der Waals surface area contributed by atoms with Crippen molar-refractivity contribution in [3.8, 4) is 11.5 Å². The topological polar surface area (TPSA) is 44.5 Å². The number of benzene rings is 1. The Labute approximate surface area is 101 Å². The van der Waals surface area contributed by atoms with E-state index in [4.69, 9.17) is 10.5 Å². The van der Waals surface area contributed by atoms with Crippen molar-refractivity contribution >= 4 is 0 Å². The third-order valence-electron chi connectivity index (χ3n) is 2.25. The molecule has 0 aliphatic carbocycles. The predicted octanol–water partition coefficient (Wildman–Crippen LogP) is 2.95. The maximum atomic E-state index is 12.2. The zero-order chi connectivity index (χ0) is 13.8. The minimum atomic E-state index is -4.78. The van der Waals surface area contributed by atoms with E-state index in [1.54, 1.807) is 0 Å². The molecule has 7 heteroatoms. The van der Waals surface area contributed by atoms with Gasteiger partial charge in [0.1, 0.15) is 11.5 Å². The number of hydrogen-bond acceptors (Lipinski definition) is 3. The van der Waals surface area contributed by atoms with Gasteiger partial charge in [-0.25, -0.2) is 0 Å². The van der Waals surface area contributed by atoms with Crippen molar-refractivity contribution in [3.63, 3.8) is 0 Å². The quantitative estimate of drug-likeness (QED) is 0.834. The van der Waals surface area contributed by atoms with Gasteiger partial charge in [-0.15, -0.1) is 13.2 Å². The number of alkyl halides is 4. The van der Waals surface area contributed by atoms with E-state index in [0.29, 0.717) is 5.75 Å². The molecular formula is C11H13F4NO2. The average molecular weight is 267 g/mol. The molecule has 0 aliphatic heterocycles. The third-order valence-corrected chi connectivity index (χ3v) is 2.25. The molecule has 0 amide bonds. The summed E-state index contributed by atoms with van der Waals surface area (Å²) in [4.78, 5) is 0. The first kappa shape index (κ1) is 14.6. The molecule has 0 saturated heterocycles. The first-order valence-corrected chi connectivity index (χ1v) is 5.12. The second-order valence-corrected chi connectivity index (χ2v) is 3.54. The maximum absolute atomic E-state index is 12.2. The van der Waals surface area contributed by atoms with Crippen molar-refractivity contribution in [2.24, 2.45) is 5.73 Å². The molecular weight excluding hydrogens is 254 g/mol. The second kappa shape index (κ2) is 5.90. The molecule has 0 aromatic heterocycles. The van der Waals surface area contributed by atoms with E-state index in [-0.39, 0.29) is 12.0 Å². The summed E-state index contributed by atoms with van der Waals surface area (Å²) in [7, 11) is 1.35. The van der Waals surface area contributed by atoms with Gasteiger partial charge in [0.25, 0.3) is 0 Å². The van der Waals surface area contributed by atoms with Gasteiger partial charge in [-0.3, -0.25) is 4.39 Å². The summed E-state index contributed by atoms with van der Waals surface area (Å²) in [5, 5.41) is 0. The molecule has 1 rings (SSSR count). The molecule has 3 nitrogen and oxygen atoms in total. The zero-order valence-electron chi connectivity index (χ0n) is 9.63. The van der Waals surface area contributed by atoms with Gasteiger partial charge in [0.05, 0.1) is 13.8 Å². The minimum absolute atomic E-state index is 0.00810. The van der Waals surface area contributed by atoms with Crippen LogP contribution in [0, 0.1) is 0 Å². The van der Waals surface area contributed by atoms with Gasteiger partial charge in [-0.2, -0.15) is 0 Å². The Morgan fingerprint density at radius 2 is 2.00 bits per heavy atom. The van der Waals surface area contributed by atoms with Crippen LogP contribution in [0.4, 0.5) is 17.6 Å². The third kappa shape index (κ3) is 4.06. The molecule has 0 spiro atoms. The zero-order valence-corrected chi connectivity index (χ0v) is 9.63. The fourth-order valence-electron chi connectivity index (χ4n) is 1.47. The van der Waals surface area contributed by atoms with Gasteiger partial charge in [0.15, 0.2) is 0 Å². The summed E-state index contributed by atoms with van der Waals surface area (Å²) in [6.45, 7) is -0.672. The molecule has 0 heterocycles. The normalized spacial score (nSPS) is 13.2. The Bertz CT molecular complexity index is 395. The summed E-state index contributed by atoms with van der Waals surface area (Å²) in [6.07, 6.45) is -4.79. The van der Waals surface area contributed by atoms with E-state index in [1.807, 2.05) is 0 Å². The van der Waals surface area contributed by atoms with Gasteiger partial charge in [-0.1, -0.05) is 0 Å². The molecule has 102 valence electrons. The number of methoxy groups -OCH3 is 1. The molecule has 2 N–H and O–H groups in total. The first-order chi connectivity index (χ1) is 8.37. The molecule has 0 saturated carbocycles. The molecule has 0 unspecified atom stereocenters. The summed E-state index contributed by atoms with van der Waals surface area (Å²) in [5.74, 6) is -0.113. The highest BCUT2D eigenvalue weighted by Gasteiger charge is 2.31. The van der Waals surface area contributed by atoms with Crippen molar-refractivity contribution in [3.05, 3.63) is 23.8 Å². The van der Waals surface area contributed by atoms with Crippen LogP contribution in [-0.2, 0) is 0 Å². The molecule has 1 aromatic rings. The van der Waals surface area contributed by atoms with Crippen LogP contribution in [0.3, 0.4) is 0 Å². The van der Waals surface area contributed by atoms with Crippen LogP contribution < -0.4 is 15.2 Å². The van der Waals surface area contributed by atoms with E-state index >= 15 is 0 Å². The molecule has 1 aromatic carbocycles. The number of nitrogens with two attached hydrogens (primary N) is 1. The van der Waals surface area contributed by atoms with Crippen LogP contribution in [0.5, 0.6) is 11.5 Å². The molecule has 0 radical (unpaired) electrons. The maximum Gasteiger partial charge on any atom is 0.573 e. The SMILES string of the molecule is COc1ccc(OC(F)(F)F)cc1[C@@H](N)CCF. The number of rotatable bonds is 5. The van der Waals surface area contributed by atoms with E-state index in [0.717, 1.165) is 12.1 Å². The van der Waals surface area contributed by atoms with Crippen molar-refractivity contribution in [1.29, 1.82) is 0 Å². The highest BCUT2D eigenvalue weighted by molar-refractivity contribution is 5.42. The van der Waals surface area contributed by atoms with Gasteiger partial charge in [-0.05, 0) is 24.6 Å². The Balaban J connectivity index is 3.01. The van der Waals surface area contributed by atoms with Crippen LogP contribution in [0.25, 0.3) is 0 Å². The number of hydrogen-bond donors (Lipinski definition) is 1. The summed E-state index contributed by atoms with van der Waals surface area (Å²) >= 11 is 0. The smallest absolute Gasteiger partial charge is 0.496 e. The fourth-order valence-corrected chi connectivity index (χ4v) is 1.47. The van der Waals surface area contributed by atoms with Crippen molar-refractivity contribution < 1.29 is 27.0 Å². The van der Waals surface area contributed by atoms with Crippen molar-refractivity contribution in [2.75, 3.05) is 13.8 Å². The Morgan fingerprint density at radius 1 is 1.33 bits per heavy atom. The van der Waals surface area contributed by atoms with Gasteiger partial charge in [0.2, 0.25) is 0 Å². The Morgan fingerprint density at radius 3 is 2.50 bits per heavy atom. The van der Waals surface area contributed by atoms with Crippen LogP contribution in [0.2, 0.25) is 0 Å². The molecule has 0 fully saturated rings. The van der Waals surface area contributed by atoms with Gasteiger partial charge < -0.3 is 15.2 Å². The average Bonchev–Trinajstić information content (AvgIpc) is 2.27. The highest BCUT2D eigenvalue weighted by atomic mass is 19.4. The van der Waals surface area contributed by atoms with E-state index in [2.05, 4.69) is 4.74 Å².